The van der Waals surface area contributed by atoms with Gasteiger partial charge in [0.25, 0.3) is 0 Å². The lowest BCUT2D eigenvalue weighted by Gasteiger charge is -1.98. The molecule has 0 saturated carbocycles. The molecule has 1 N–H and O–H groups in total. The maximum atomic E-state index is 10.7. The highest BCUT2D eigenvalue weighted by Gasteiger charge is 1.94. The summed E-state index contributed by atoms with van der Waals surface area (Å²) in [7, 11) is 0. The standard InChI is InChI=1S/C7H15NO.H2/c1-3-5-6-7(9)8-4-2;/h3-6H2,1-2H3,(H,8,9);1H. The molecule has 2 heteroatoms. The molecule has 0 aromatic carbocycles. The SMILES string of the molecule is CCCCC(=O)NCC.[HH]. The number of carbonyl (C=O) groups excluding carboxylic acids is 1. The fourth-order valence-corrected chi connectivity index (χ4v) is 0.623. The highest BCUT2D eigenvalue weighted by molar-refractivity contribution is 5.75. The minimum atomic E-state index is 0. The van der Waals surface area contributed by atoms with Crippen molar-refractivity contribution in [2.24, 2.45) is 0 Å². The number of hydrogen-bond donors (Lipinski definition) is 1. The summed E-state index contributed by atoms with van der Waals surface area (Å²) in [6.45, 7) is 4.77. The smallest absolute Gasteiger partial charge is 0.219 e. The van der Waals surface area contributed by atoms with Crippen molar-refractivity contribution in [2.75, 3.05) is 6.54 Å². The van der Waals surface area contributed by atoms with Crippen molar-refractivity contribution in [2.45, 2.75) is 33.1 Å². The van der Waals surface area contributed by atoms with Crippen molar-refractivity contribution < 1.29 is 6.22 Å². The third-order valence-corrected chi connectivity index (χ3v) is 1.13. The number of unbranched alkanes of at least 4 members (excludes halogenated alkanes) is 1. The van der Waals surface area contributed by atoms with Gasteiger partial charge in [0.1, 0.15) is 0 Å². The van der Waals surface area contributed by atoms with E-state index in [1.807, 2.05) is 6.92 Å². The van der Waals surface area contributed by atoms with Crippen molar-refractivity contribution in [3.8, 4) is 0 Å². The van der Waals surface area contributed by atoms with Crippen LogP contribution in [0.25, 0.3) is 0 Å². The van der Waals surface area contributed by atoms with Gasteiger partial charge in [-0.3, -0.25) is 4.79 Å². The first kappa shape index (κ1) is 8.47. The van der Waals surface area contributed by atoms with E-state index in [9.17, 15) is 4.79 Å². The topological polar surface area (TPSA) is 29.1 Å². The molecule has 0 unspecified atom stereocenters. The van der Waals surface area contributed by atoms with Crippen LogP contribution in [0.3, 0.4) is 0 Å². The molecule has 0 spiro atoms. The Hall–Kier alpha value is -0.530. The molecule has 0 aliphatic heterocycles. The minimum Gasteiger partial charge on any atom is -0.356 e. The third kappa shape index (κ3) is 5.34. The van der Waals surface area contributed by atoms with E-state index in [1.54, 1.807) is 0 Å². The van der Waals surface area contributed by atoms with Crippen LogP contribution >= 0.6 is 0 Å². The first-order valence-electron chi connectivity index (χ1n) is 3.58. The van der Waals surface area contributed by atoms with Crippen molar-refractivity contribution in [3.05, 3.63) is 0 Å². The third-order valence-electron chi connectivity index (χ3n) is 1.13. The molecule has 0 saturated heterocycles. The lowest BCUT2D eigenvalue weighted by atomic mass is 10.2. The lowest BCUT2D eigenvalue weighted by molar-refractivity contribution is -0.121. The molecular weight excluding hydrogens is 114 g/mol. The van der Waals surface area contributed by atoms with Gasteiger partial charge in [-0.05, 0) is 13.3 Å². The Balaban J connectivity index is 0. The largest absolute Gasteiger partial charge is 0.356 e. The zero-order chi connectivity index (χ0) is 7.11. The van der Waals surface area contributed by atoms with Crippen LogP contribution in [0.15, 0.2) is 0 Å². The summed E-state index contributed by atoms with van der Waals surface area (Å²) in [6.07, 6.45) is 2.79. The Morgan fingerprint density at radius 1 is 1.56 bits per heavy atom. The second kappa shape index (κ2) is 5.60. The van der Waals surface area contributed by atoms with Gasteiger partial charge in [0, 0.05) is 14.4 Å². The Morgan fingerprint density at radius 2 is 2.22 bits per heavy atom. The maximum absolute atomic E-state index is 10.7. The van der Waals surface area contributed by atoms with Gasteiger partial charge in [0.05, 0.1) is 0 Å². The van der Waals surface area contributed by atoms with E-state index >= 15 is 0 Å². The van der Waals surface area contributed by atoms with E-state index in [2.05, 4.69) is 12.2 Å². The molecule has 0 bridgehead atoms. The number of nitrogens with one attached hydrogen (secondary N) is 1. The van der Waals surface area contributed by atoms with Crippen LogP contribution in [0.5, 0.6) is 0 Å². The van der Waals surface area contributed by atoms with Gasteiger partial charge < -0.3 is 5.32 Å². The summed E-state index contributed by atoms with van der Waals surface area (Å²) in [6, 6.07) is 0. The van der Waals surface area contributed by atoms with Crippen LogP contribution in [-0.2, 0) is 4.79 Å². The highest BCUT2D eigenvalue weighted by Crippen LogP contribution is 1.91. The van der Waals surface area contributed by atoms with Gasteiger partial charge >= 0.3 is 0 Å². The van der Waals surface area contributed by atoms with Gasteiger partial charge in [-0.2, -0.15) is 0 Å². The Kier molecular flexibility index (Phi) is 5.27. The molecule has 1 amide bonds. The van der Waals surface area contributed by atoms with Crippen LogP contribution in [0.2, 0.25) is 0 Å². The van der Waals surface area contributed by atoms with Crippen LogP contribution in [0, 0.1) is 0 Å². The summed E-state index contributed by atoms with van der Waals surface area (Å²) in [4.78, 5) is 10.7. The summed E-state index contributed by atoms with van der Waals surface area (Å²) < 4.78 is 0. The van der Waals surface area contributed by atoms with E-state index in [0.717, 1.165) is 19.4 Å². The lowest BCUT2D eigenvalue weighted by Crippen LogP contribution is -2.21. The van der Waals surface area contributed by atoms with Crippen LogP contribution in [0.4, 0.5) is 0 Å². The molecule has 2 nitrogen and oxygen atoms in total. The Bertz CT molecular complexity index is 85.7. The molecule has 56 valence electrons. The van der Waals surface area contributed by atoms with E-state index in [-0.39, 0.29) is 7.33 Å². The predicted octanol–water partition coefficient (Wildman–Crippen LogP) is 1.56. The Labute approximate surface area is 58.1 Å². The van der Waals surface area contributed by atoms with Crippen molar-refractivity contribution in [1.82, 2.24) is 5.32 Å². The maximum Gasteiger partial charge on any atom is 0.219 e. The van der Waals surface area contributed by atoms with Gasteiger partial charge in [-0.25, -0.2) is 0 Å². The minimum absolute atomic E-state index is 0. The monoisotopic (exact) mass is 131 g/mol. The highest BCUT2D eigenvalue weighted by atomic mass is 16.1. The van der Waals surface area contributed by atoms with Gasteiger partial charge in [0.15, 0.2) is 0 Å². The molecule has 0 aliphatic rings. The first-order valence-corrected chi connectivity index (χ1v) is 3.58. The fraction of sp³-hybridized carbons (Fsp3) is 0.857. The first-order chi connectivity index (χ1) is 4.31. The molecule has 0 radical (unpaired) electrons. The van der Waals surface area contributed by atoms with Crippen molar-refractivity contribution in [1.29, 1.82) is 0 Å². The molecule has 0 aromatic heterocycles. The summed E-state index contributed by atoms with van der Waals surface area (Å²) in [5, 5.41) is 2.74. The molecule has 9 heavy (non-hydrogen) atoms. The van der Waals surface area contributed by atoms with Gasteiger partial charge in [-0.15, -0.1) is 0 Å². The van der Waals surface area contributed by atoms with E-state index in [0.29, 0.717) is 6.42 Å². The summed E-state index contributed by atoms with van der Waals surface area (Å²) >= 11 is 0. The van der Waals surface area contributed by atoms with E-state index < -0.39 is 0 Å². The summed E-state index contributed by atoms with van der Waals surface area (Å²) in [5.74, 6) is 0.180. The molecule has 0 heterocycles. The zero-order valence-corrected chi connectivity index (χ0v) is 6.24. The predicted molar refractivity (Wildman–Crippen MR) is 40.3 cm³/mol. The number of rotatable bonds is 4. The zero-order valence-electron chi connectivity index (χ0n) is 6.24. The molecule has 0 atom stereocenters. The molecule has 0 aromatic rings. The normalized spacial score (nSPS) is 9.11. The van der Waals surface area contributed by atoms with Crippen molar-refractivity contribution in [3.63, 3.8) is 0 Å². The fourth-order valence-electron chi connectivity index (χ4n) is 0.623. The molecule has 0 rings (SSSR count). The number of hydrogen-bond acceptors (Lipinski definition) is 1. The number of carbonyl (C=O) groups is 1. The van der Waals surface area contributed by atoms with Gasteiger partial charge in [-0.1, -0.05) is 13.3 Å². The van der Waals surface area contributed by atoms with Crippen LogP contribution in [0.1, 0.15) is 34.5 Å². The van der Waals surface area contributed by atoms with Crippen LogP contribution in [-0.4, -0.2) is 12.5 Å². The second-order valence-electron chi connectivity index (χ2n) is 2.06. The van der Waals surface area contributed by atoms with Crippen molar-refractivity contribution >= 4 is 5.91 Å². The second-order valence-corrected chi connectivity index (χ2v) is 2.06. The molecule has 0 fully saturated rings. The molecule has 0 aliphatic carbocycles. The average molecular weight is 131 g/mol. The number of amides is 1. The average Bonchev–Trinajstić information content (AvgIpc) is 1.85. The van der Waals surface area contributed by atoms with E-state index in [4.69, 9.17) is 0 Å². The van der Waals surface area contributed by atoms with Crippen LogP contribution < -0.4 is 5.32 Å². The summed E-state index contributed by atoms with van der Waals surface area (Å²) in [5.41, 5.74) is 0. The quantitative estimate of drug-likeness (QED) is 0.616. The van der Waals surface area contributed by atoms with Gasteiger partial charge in [0.2, 0.25) is 5.91 Å². The van der Waals surface area contributed by atoms with E-state index in [1.165, 1.54) is 0 Å². The molecular formula is C7H17NO. The Morgan fingerprint density at radius 3 is 2.67 bits per heavy atom.